The molecule has 6 nitrogen and oxygen atoms in total. The quantitative estimate of drug-likeness (QED) is 0.559. The van der Waals surface area contributed by atoms with Gasteiger partial charge in [0.25, 0.3) is 5.91 Å². The third-order valence-electron chi connectivity index (χ3n) is 6.09. The lowest BCUT2D eigenvalue weighted by Crippen LogP contribution is -2.32. The summed E-state index contributed by atoms with van der Waals surface area (Å²) in [6, 6.07) is 16.2. The summed E-state index contributed by atoms with van der Waals surface area (Å²) in [6.07, 6.45) is 5.06. The van der Waals surface area contributed by atoms with Crippen LogP contribution < -0.4 is 0 Å². The molecule has 156 valence electrons. The van der Waals surface area contributed by atoms with Gasteiger partial charge in [0.15, 0.2) is 0 Å². The van der Waals surface area contributed by atoms with Gasteiger partial charge in [-0.25, -0.2) is 9.80 Å². The molecule has 0 aliphatic carbocycles. The summed E-state index contributed by atoms with van der Waals surface area (Å²) in [4.78, 5) is 23.8. The number of carbonyl (C=O) groups excluding carboxylic acids is 1. The normalized spacial score (nSPS) is 25.0. The maximum atomic E-state index is 12.7. The fourth-order valence-corrected chi connectivity index (χ4v) is 4.51. The molecule has 4 rings (SSSR count). The second-order valence-electron chi connectivity index (χ2n) is 7.89. The number of benzene rings is 2. The number of amides is 1. The number of ether oxygens (including phenoxy) is 1. The van der Waals surface area contributed by atoms with Crippen LogP contribution in [-0.2, 0) is 11.2 Å². The van der Waals surface area contributed by atoms with Crippen molar-refractivity contribution in [2.75, 3.05) is 6.54 Å². The van der Waals surface area contributed by atoms with E-state index in [2.05, 4.69) is 5.10 Å². The molecule has 2 saturated heterocycles. The minimum Gasteiger partial charge on any atom is -0.478 e. The van der Waals surface area contributed by atoms with Crippen molar-refractivity contribution in [2.24, 2.45) is 16.9 Å². The lowest BCUT2D eigenvalue weighted by molar-refractivity contribution is 0.0695. The minimum atomic E-state index is -0.919. The van der Waals surface area contributed by atoms with Crippen molar-refractivity contribution in [3.63, 3.8) is 0 Å². The van der Waals surface area contributed by atoms with Crippen LogP contribution >= 0.6 is 0 Å². The maximum absolute atomic E-state index is 12.7. The molecule has 2 aromatic rings. The maximum Gasteiger partial charge on any atom is 0.335 e. The predicted molar refractivity (Wildman–Crippen MR) is 114 cm³/mol. The molecule has 0 unspecified atom stereocenters. The van der Waals surface area contributed by atoms with Crippen LogP contribution in [0.3, 0.4) is 0 Å². The van der Waals surface area contributed by atoms with Crippen molar-refractivity contribution in [1.29, 1.82) is 0 Å². The number of fused-ring (bicyclic) bond motifs is 2. The number of hydrogen-bond acceptors (Lipinski definition) is 4. The molecule has 1 amide bonds. The smallest absolute Gasteiger partial charge is 0.335 e. The summed E-state index contributed by atoms with van der Waals surface area (Å²) in [5, 5.41) is 15.1. The van der Waals surface area contributed by atoms with Crippen LogP contribution in [0.25, 0.3) is 0 Å². The third kappa shape index (κ3) is 4.14. The Labute approximate surface area is 176 Å². The Morgan fingerprint density at radius 1 is 1.07 bits per heavy atom. The summed E-state index contributed by atoms with van der Waals surface area (Å²) in [6.45, 7) is 2.41. The van der Waals surface area contributed by atoms with Crippen molar-refractivity contribution in [3.05, 3.63) is 71.3 Å². The van der Waals surface area contributed by atoms with Crippen molar-refractivity contribution in [3.8, 4) is 0 Å². The fraction of sp³-hybridized carbons (Fsp3) is 0.375. The summed E-state index contributed by atoms with van der Waals surface area (Å²) in [5.41, 5.74) is 2.00. The van der Waals surface area contributed by atoms with Crippen LogP contribution in [0.2, 0.25) is 0 Å². The van der Waals surface area contributed by atoms with Gasteiger partial charge in [0.1, 0.15) is 0 Å². The van der Waals surface area contributed by atoms with Gasteiger partial charge >= 0.3 is 5.97 Å². The van der Waals surface area contributed by atoms with E-state index in [1.165, 1.54) is 5.01 Å². The molecule has 2 aromatic carbocycles. The molecule has 2 heterocycles. The molecule has 2 bridgehead atoms. The standard InChI is InChI=1S/C24H26N2O4/c1-2-26(23(27)17-6-4-3-5-7-17)25-15-20-19(21-12-13-22(20)30-21)14-16-8-10-18(11-9-16)24(28)29/h3-11,15,19-22H,2,12-14H2,1H3,(H,28,29)/t19-,20+,21-,22+/m1/s1. The largest absolute Gasteiger partial charge is 0.478 e. The van der Waals surface area contributed by atoms with Gasteiger partial charge in [0.05, 0.1) is 17.8 Å². The van der Waals surface area contributed by atoms with Crippen LogP contribution in [-0.4, -0.2) is 47.0 Å². The first kappa shape index (κ1) is 20.3. The average molecular weight is 406 g/mol. The van der Waals surface area contributed by atoms with Gasteiger partial charge in [-0.05, 0) is 61.9 Å². The highest BCUT2D eigenvalue weighted by Gasteiger charge is 2.48. The predicted octanol–water partition coefficient (Wildman–Crippen LogP) is 3.87. The highest BCUT2D eigenvalue weighted by Crippen LogP contribution is 2.44. The van der Waals surface area contributed by atoms with Gasteiger partial charge in [0, 0.05) is 24.2 Å². The Morgan fingerprint density at radius 2 is 1.77 bits per heavy atom. The van der Waals surface area contributed by atoms with Crippen LogP contribution in [0.4, 0.5) is 0 Å². The summed E-state index contributed by atoms with van der Waals surface area (Å²) >= 11 is 0. The Hall–Kier alpha value is -2.99. The molecule has 2 aliphatic rings. The van der Waals surface area contributed by atoms with E-state index < -0.39 is 5.97 Å². The highest BCUT2D eigenvalue weighted by molar-refractivity contribution is 5.94. The van der Waals surface area contributed by atoms with E-state index in [-0.39, 0.29) is 30.0 Å². The van der Waals surface area contributed by atoms with E-state index in [0.717, 1.165) is 24.8 Å². The van der Waals surface area contributed by atoms with Crippen molar-refractivity contribution < 1.29 is 19.4 Å². The van der Waals surface area contributed by atoms with Crippen molar-refractivity contribution in [2.45, 2.75) is 38.4 Å². The zero-order chi connectivity index (χ0) is 21.1. The van der Waals surface area contributed by atoms with E-state index in [4.69, 9.17) is 9.84 Å². The number of rotatable bonds is 7. The topological polar surface area (TPSA) is 79.2 Å². The van der Waals surface area contributed by atoms with E-state index in [0.29, 0.717) is 17.7 Å². The molecule has 0 spiro atoms. The molecule has 2 fully saturated rings. The SMILES string of the molecule is CCN(N=C[C@H]1[C@@H](Cc2ccc(C(=O)O)cc2)[C@H]2CC[C@@H]1O2)C(=O)c1ccccc1. The monoisotopic (exact) mass is 406 g/mol. The van der Waals surface area contributed by atoms with E-state index in [1.807, 2.05) is 43.5 Å². The first-order chi connectivity index (χ1) is 14.6. The van der Waals surface area contributed by atoms with Crippen LogP contribution in [0.15, 0.2) is 59.7 Å². The van der Waals surface area contributed by atoms with Crippen LogP contribution in [0.1, 0.15) is 46.0 Å². The Morgan fingerprint density at radius 3 is 2.43 bits per heavy atom. The van der Waals surface area contributed by atoms with E-state index >= 15 is 0 Å². The molecular formula is C24H26N2O4. The Bertz CT molecular complexity index is 926. The molecule has 2 aliphatic heterocycles. The van der Waals surface area contributed by atoms with Crippen LogP contribution in [0.5, 0.6) is 0 Å². The number of carboxylic acids is 1. The Balaban J connectivity index is 1.48. The van der Waals surface area contributed by atoms with Crippen molar-refractivity contribution in [1.82, 2.24) is 5.01 Å². The molecule has 0 radical (unpaired) electrons. The number of hydrazone groups is 1. The second-order valence-corrected chi connectivity index (χ2v) is 7.89. The van der Waals surface area contributed by atoms with Gasteiger partial charge in [-0.15, -0.1) is 0 Å². The van der Waals surface area contributed by atoms with Gasteiger partial charge in [-0.3, -0.25) is 4.79 Å². The first-order valence-electron chi connectivity index (χ1n) is 10.5. The van der Waals surface area contributed by atoms with E-state index in [9.17, 15) is 9.59 Å². The number of nitrogens with zero attached hydrogens (tertiary/aromatic N) is 2. The molecule has 6 heteroatoms. The van der Waals surface area contributed by atoms with Gasteiger partial charge in [-0.2, -0.15) is 5.10 Å². The molecular weight excluding hydrogens is 380 g/mol. The Kier molecular flexibility index (Phi) is 5.95. The number of carboxylic acid groups (broad SMARTS) is 1. The highest BCUT2D eigenvalue weighted by atomic mass is 16.5. The number of carbonyl (C=O) groups is 2. The molecule has 0 saturated carbocycles. The average Bonchev–Trinajstić information content (AvgIpc) is 3.37. The van der Waals surface area contributed by atoms with Crippen LogP contribution in [0, 0.1) is 11.8 Å². The summed E-state index contributed by atoms with van der Waals surface area (Å²) < 4.78 is 6.15. The molecule has 0 aromatic heterocycles. The zero-order valence-corrected chi connectivity index (χ0v) is 17.0. The third-order valence-corrected chi connectivity index (χ3v) is 6.09. The molecule has 30 heavy (non-hydrogen) atoms. The zero-order valence-electron chi connectivity index (χ0n) is 17.0. The number of hydrogen-bond donors (Lipinski definition) is 1. The van der Waals surface area contributed by atoms with Gasteiger partial charge in [-0.1, -0.05) is 30.3 Å². The first-order valence-corrected chi connectivity index (χ1v) is 10.5. The fourth-order valence-electron chi connectivity index (χ4n) is 4.51. The van der Waals surface area contributed by atoms with Gasteiger partial charge in [0.2, 0.25) is 0 Å². The summed E-state index contributed by atoms with van der Waals surface area (Å²) in [5.74, 6) is -0.619. The minimum absolute atomic E-state index is 0.112. The second kappa shape index (κ2) is 8.79. The lowest BCUT2D eigenvalue weighted by Gasteiger charge is -2.26. The molecule has 1 N–H and O–H groups in total. The van der Waals surface area contributed by atoms with Gasteiger partial charge < -0.3 is 9.84 Å². The van der Waals surface area contributed by atoms with Crippen molar-refractivity contribution >= 4 is 18.1 Å². The lowest BCUT2D eigenvalue weighted by atomic mass is 9.77. The van der Waals surface area contributed by atoms with E-state index in [1.54, 1.807) is 24.3 Å². The molecule has 4 atom stereocenters. The summed E-state index contributed by atoms with van der Waals surface area (Å²) in [7, 11) is 0. The number of aromatic carboxylic acids is 1.